The normalized spacial score (nSPS) is 24.4. The largest absolute Gasteiger partial charge is 0.493 e. The maximum atomic E-state index is 15.4. The number of likely N-dealkylation sites (tertiary alicyclic amines) is 1. The molecule has 0 aliphatic carbocycles. The van der Waals surface area contributed by atoms with E-state index in [1.807, 2.05) is 9.80 Å². The first kappa shape index (κ1) is 36.7. The number of hydrogen-bond donors (Lipinski definition) is 5. The summed E-state index contributed by atoms with van der Waals surface area (Å²) in [5.74, 6) is 1.17. The number of halogens is 2. The van der Waals surface area contributed by atoms with E-state index in [0.29, 0.717) is 68.5 Å². The minimum Gasteiger partial charge on any atom is -0.493 e. The van der Waals surface area contributed by atoms with Gasteiger partial charge in [-0.25, -0.2) is 14.4 Å². The summed E-state index contributed by atoms with van der Waals surface area (Å²) in [7, 11) is 0. The number of carbonyl (C=O) groups is 1. The summed E-state index contributed by atoms with van der Waals surface area (Å²) in [6, 6.07) is 3.81. The lowest BCUT2D eigenvalue weighted by Crippen LogP contribution is -2.55. The number of carbonyl (C=O) groups excluding carboxylic acids is 1. The molecule has 0 bridgehead atoms. The third-order valence-corrected chi connectivity index (χ3v) is 9.98. The van der Waals surface area contributed by atoms with E-state index in [9.17, 15) is 25.2 Å². The number of anilines is 1. The molecular weight excluding hydrogens is 649 g/mol. The number of hydrogen-bond acceptors (Lipinski definition) is 13. The number of benzene rings is 1. The summed E-state index contributed by atoms with van der Waals surface area (Å²) in [5, 5.41) is 49.7. The van der Waals surface area contributed by atoms with Gasteiger partial charge in [0.05, 0.1) is 55.0 Å². The van der Waals surface area contributed by atoms with E-state index in [4.69, 9.17) is 26.2 Å². The highest BCUT2D eigenvalue weighted by molar-refractivity contribution is 6.30. The van der Waals surface area contributed by atoms with Gasteiger partial charge in [-0.2, -0.15) is 0 Å². The summed E-state index contributed by atoms with van der Waals surface area (Å²) in [6.45, 7) is 3.54. The number of aliphatic hydroxyl groups excluding tert-OH is 5. The quantitative estimate of drug-likeness (QED) is 0.131. The molecule has 48 heavy (non-hydrogen) atoms. The second-order valence-electron chi connectivity index (χ2n) is 13.2. The Morgan fingerprint density at radius 3 is 2.48 bits per heavy atom. The molecule has 6 atom stereocenters. The van der Waals surface area contributed by atoms with Crippen molar-refractivity contribution in [2.24, 2.45) is 5.92 Å². The fourth-order valence-electron chi connectivity index (χ4n) is 7.02. The standard InChI is InChI=1S/C33H47ClFN5O8/c34-23-15-36-32(37-16-23)39-8-5-22(6-9-39)2-1-12-47-24-3-4-25(26(35)14-24)27(18-41)40-11-13-48-33(21-40)7-10-38(20-33)17-28(43)30(45)31(46)29(44)19-42/h3-4,14-16,18,22,27-31,42-46H,1-2,5-13,17,19-21H2/t27?,28-,29+,30+,31+,33?/m0/s1. The van der Waals surface area contributed by atoms with Crippen molar-refractivity contribution in [3.63, 3.8) is 0 Å². The lowest BCUT2D eigenvalue weighted by atomic mass is 9.92. The van der Waals surface area contributed by atoms with Gasteiger partial charge in [-0.1, -0.05) is 17.7 Å². The molecule has 3 aliphatic heterocycles. The van der Waals surface area contributed by atoms with E-state index in [-0.39, 0.29) is 12.1 Å². The fraction of sp³-hybridized carbons (Fsp3) is 0.667. The molecule has 5 N–H and O–H groups in total. The van der Waals surface area contributed by atoms with E-state index in [2.05, 4.69) is 14.9 Å². The molecule has 1 aromatic carbocycles. The second-order valence-corrected chi connectivity index (χ2v) is 13.6. The van der Waals surface area contributed by atoms with Crippen molar-refractivity contribution < 1.29 is 44.2 Å². The van der Waals surface area contributed by atoms with Crippen LogP contribution < -0.4 is 9.64 Å². The first-order valence-corrected chi connectivity index (χ1v) is 17.0. The zero-order valence-electron chi connectivity index (χ0n) is 27.0. The Hall–Kier alpha value is -2.53. The van der Waals surface area contributed by atoms with Crippen molar-refractivity contribution >= 4 is 23.8 Å². The van der Waals surface area contributed by atoms with E-state index < -0.39 is 48.5 Å². The molecule has 1 spiro atoms. The van der Waals surface area contributed by atoms with Gasteiger partial charge in [0.2, 0.25) is 5.95 Å². The van der Waals surface area contributed by atoms with Crippen molar-refractivity contribution in [1.29, 1.82) is 0 Å². The van der Waals surface area contributed by atoms with Crippen LogP contribution in [0.3, 0.4) is 0 Å². The predicted octanol–water partition coefficient (Wildman–Crippen LogP) is 0.797. The number of aromatic nitrogens is 2. The molecule has 3 saturated heterocycles. The van der Waals surface area contributed by atoms with Crippen molar-refractivity contribution in [2.75, 3.05) is 70.5 Å². The fourth-order valence-corrected chi connectivity index (χ4v) is 7.12. The molecule has 15 heteroatoms. The lowest BCUT2D eigenvalue weighted by molar-refractivity contribution is -0.131. The van der Waals surface area contributed by atoms with E-state index in [0.717, 1.165) is 45.1 Å². The minimum absolute atomic E-state index is 0.00764. The number of nitrogens with zero attached hydrogens (tertiary/aromatic N) is 5. The first-order valence-electron chi connectivity index (χ1n) is 16.6. The molecule has 3 fully saturated rings. The second kappa shape index (κ2) is 16.9. The molecule has 2 aromatic rings. The zero-order chi connectivity index (χ0) is 34.3. The number of morpholine rings is 1. The van der Waals surface area contributed by atoms with Gasteiger partial charge < -0.3 is 44.7 Å². The smallest absolute Gasteiger partial charge is 0.225 e. The molecule has 2 unspecified atom stereocenters. The van der Waals surface area contributed by atoms with Gasteiger partial charge in [-0.05, 0) is 44.1 Å². The predicted molar refractivity (Wildman–Crippen MR) is 174 cm³/mol. The van der Waals surface area contributed by atoms with Gasteiger partial charge in [-0.15, -0.1) is 0 Å². The Balaban J connectivity index is 1.07. The minimum atomic E-state index is -1.70. The molecule has 1 aromatic heterocycles. The van der Waals surface area contributed by atoms with Crippen LogP contribution in [0.1, 0.15) is 43.7 Å². The van der Waals surface area contributed by atoms with E-state index in [1.165, 1.54) is 6.07 Å². The van der Waals surface area contributed by atoms with E-state index >= 15 is 4.39 Å². The molecule has 0 radical (unpaired) electrons. The number of aldehydes is 1. The van der Waals surface area contributed by atoms with Crippen LogP contribution in [0.2, 0.25) is 5.02 Å². The molecule has 13 nitrogen and oxygen atoms in total. The van der Waals surface area contributed by atoms with Crippen LogP contribution in [-0.2, 0) is 9.53 Å². The summed E-state index contributed by atoms with van der Waals surface area (Å²) < 4.78 is 27.4. The van der Waals surface area contributed by atoms with Crippen molar-refractivity contribution in [3.05, 3.63) is 47.0 Å². The monoisotopic (exact) mass is 695 g/mol. The molecule has 3 aliphatic rings. The molecular formula is C33H47ClFN5O8. The molecule has 0 amide bonds. The van der Waals surface area contributed by atoms with Gasteiger partial charge in [0, 0.05) is 57.4 Å². The topological polar surface area (TPSA) is 172 Å². The molecule has 5 rings (SSSR count). The van der Waals surface area contributed by atoms with Crippen LogP contribution in [0.15, 0.2) is 30.6 Å². The summed E-state index contributed by atoms with van der Waals surface area (Å²) in [5.41, 5.74) is -0.400. The van der Waals surface area contributed by atoms with Gasteiger partial charge in [0.1, 0.15) is 36.2 Å². The lowest BCUT2D eigenvalue weighted by Gasteiger charge is -2.42. The molecule has 266 valence electrons. The average molecular weight is 696 g/mol. The SMILES string of the molecule is O=CC(c1ccc(OCCCC2CCN(c3ncc(Cl)cn3)CC2)cc1F)N1CCOC2(CCN(C[C@H](O)[C@@H](O)[C@H](O)[C@H](O)CO)C2)C1. The van der Waals surface area contributed by atoms with Crippen LogP contribution in [0.25, 0.3) is 0 Å². The highest BCUT2D eigenvalue weighted by Gasteiger charge is 2.45. The third-order valence-electron chi connectivity index (χ3n) is 9.79. The van der Waals surface area contributed by atoms with Crippen molar-refractivity contribution in [3.8, 4) is 5.75 Å². The van der Waals surface area contributed by atoms with Crippen LogP contribution >= 0.6 is 11.6 Å². The van der Waals surface area contributed by atoms with Crippen LogP contribution in [0, 0.1) is 11.7 Å². The Labute approximate surface area is 284 Å². The summed E-state index contributed by atoms with van der Waals surface area (Å²) in [4.78, 5) is 26.9. The third kappa shape index (κ3) is 9.17. The number of β-amino-alcohol motifs (C(OH)–C–C–N with tert-alkyl or cyclic N) is 1. The van der Waals surface area contributed by atoms with Crippen LogP contribution in [0.4, 0.5) is 10.3 Å². The number of ether oxygens (including phenoxy) is 2. The number of aliphatic hydroxyl groups is 5. The first-order chi connectivity index (χ1) is 23.1. The maximum Gasteiger partial charge on any atom is 0.225 e. The Morgan fingerprint density at radius 1 is 1.06 bits per heavy atom. The van der Waals surface area contributed by atoms with Gasteiger partial charge in [0.15, 0.2) is 0 Å². The van der Waals surface area contributed by atoms with Gasteiger partial charge in [0.25, 0.3) is 0 Å². The average Bonchev–Trinajstić information content (AvgIpc) is 3.47. The number of rotatable bonds is 15. The maximum absolute atomic E-state index is 15.4. The van der Waals surface area contributed by atoms with Crippen LogP contribution in [-0.4, -0.2) is 147 Å². The van der Waals surface area contributed by atoms with Crippen molar-refractivity contribution in [1.82, 2.24) is 19.8 Å². The van der Waals surface area contributed by atoms with Gasteiger partial charge >= 0.3 is 0 Å². The van der Waals surface area contributed by atoms with E-state index in [1.54, 1.807) is 24.5 Å². The summed E-state index contributed by atoms with van der Waals surface area (Å²) in [6.07, 6.45) is 2.17. The highest BCUT2D eigenvalue weighted by atomic mass is 35.5. The molecule has 0 saturated carbocycles. The summed E-state index contributed by atoms with van der Waals surface area (Å²) >= 11 is 5.89. The highest BCUT2D eigenvalue weighted by Crippen LogP contribution is 2.34. The Kier molecular flexibility index (Phi) is 13.0. The number of piperidine rings is 1. The van der Waals surface area contributed by atoms with Crippen LogP contribution in [0.5, 0.6) is 5.75 Å². The Bertz CT molecular complexity index is 1330. The van der Waals surface area contributed by atoms with Gasteiger partial charge in [-0.3, -0.25) is 9.80 Å². The van der Waals surface area contributed by atoms with Crippen molar-refractivity contribution in [2.45, 2.75) is 68.2 Å². The zero-order valence-corrected chi connectivity index (χ0v) is 27.7. The Morgan fingerprint density at radius 2 is 1.79 bits per heavy atom. The molecule has 4 heterocycles.